The minimum atomic E-state index is -0.551. The number of amides is 1. The van der Waals surface area contributed by atoms with Gasteiger partial charge in [-0.3, -0.25) is 9.89 Å². The van der Waals surface area contributed by atoms with Gasteiger partial charge in [0.05, 0.1) is 23.8 Å². The number of anilines is 1. The molecule has 7 heteroatoms. The molecule has 1 amide bonds. The Hall–Kier alpha value is -1.70. The third kappa shape index (κ3) is 4.66. The van der Waals surface area contributed by atoms with Crippen LogP contribution in [0.3, 0.4) is 0 Å². The molecule has 6 nitrogen and oxygen atoms in total. The molecule has 2 aromatic heterocycles. The van der Waals surface area contributed by atoms with Crippen LogP contribution in [0.5, 0.6) is 0 Å². The predicted octanol–water partition coefficient (Wildman–Crippen LogP) is 2.83. The first-order valence-electron chi connectivity index (χ1n) is 7.22. The average Bonchev–Trinajstić information content (AvgIpc) is 3.12. The van der Waals surface area contributed by atoms with Crippen molar-refractivity contribution in [3.05, 3.63) is 23.1 Å². The van der Waals surface area contributed by atoms with E-state index in [0.717, 1.165) is 10.6 Å². The maximum Gasteiger partial charge on any atom is 0.254 e. The number of rotatable bonds is 8. The Bertz CT molecular complexity index is 609. The number of aromatic nitrogens is 2. The van der Waals surface area contributed by atoms with E-state index in [0.29, 0.717) is 25.6 Å². The summed E-state index contributed by atoms with van der Waals surface area (Å²) in [7, 11) is 0. The molecule has 2 heterocycles. The quantitative estimate of drug-likeness (QED) is 0.732. The number of nitrogens with one attached hydrogen (secondary N) is 2. The standard InChI is InChI=1S/C15H21N3O3S/c1-4-20-7-8-21-11(3)15(19)16-14-9-12(17-18-14)13-6-5-10(2)22-13/h5-6,9,11H,4,7-8H2,1-3H3,(H2,16,17,18,19)/t11-/m1/s1. The van der Waals surface area contributed by atoms with Crippen LogP contribution in [-0.2, 0) is 14.3 Å². The smallest absolute Gasteiger partial charge is 0.254 e. The van der Waals surface area contributed by atoms with Gasteiger partial charge in [-0.1, -0.05) is 0 Å². The molecule has 0 aromatic carbocycles. The Kier molecular flexibility index (Phi) is 6.11. The van der Waals surface area contributed by atoms with Gasteiger partial charge >= 0.3 is 0 Å². The molecule has 2 aromatic rings. The average molecular weight is 323 g/mol. The summed E-state index contributed by atoms with van der Waals surface area (Å²) in [6.45, 7) is 7.19. The topological polar surface area (TPSA) is 76.2 Å². The van der Waals surface area contributed by atoms with Crippen LogP contribution in [0.1, 0.15) is 18.7 Å². The van der Waals surface area contributed by atoms with E-state index in [4.69, 9.17) is 9.47 Å². The summed E-state index contributed by atoms with van der Waals surface area (Å²) < 4.78 is 10.6. The molecule has 0 saturated carbocycles. The van der Waals surface area contributed by atoms with Gasteiger partial charge in [0.1, 0.15) is 6.10 Å². The summed E-state index contributed by atoms with van der Waals surface area (Å²) >= 11 is 1.67. The van der Waals surface area contributed by atoms with Crippen molar-refractivity contribution < 1.29 is 14.3 Å². The van der Waals surface area contributed by atoms with E-state index >= 15 is 0 Å². The zero-order valence-electron chi connectivity index (χ0n) is 13.0. The fourth-order valence-corrected chi connectivity index (χ4v) is 2.66. The largest absolute Gasteiger partial charge is 0.379 e. The highest BCUT2D eigenvalue weighted by Crippen LogP contribution is 2.27. The number of aryl methyl sites for hydroxylation is 1. The second-order valence-corrected chi connectivity index (χ2v) is 6.06. The Labute approximate surface area is 133 Å². The molecule has 0 aliphatic rings. The monoisotopic (exact) mass is 323 g/mol. The third-order valence-corrected chi connectivity index (χ3v) is 4.04. The van der Waals surface area contributed by atoms with E-state index < -0.39 is 6.10 Å². The van der Waals surface area contributed by atoms with Crippen molar-refractivity contribution in [2.45, 2.75) is 26.9 Å². The van der Waals surface area contributed by atoms with Gasteiger partial charge in [0.2, 0.25) is 0 Å². The van der Waals surface area contributed by atoms with E-state index in [9.17, 15) is 4.79 Å². The summed E-state index contributed by atoms with van der Waals surface area (Å²) in [5, 5.41) is 9.76. The first kappa shape index (κ1) is 16.7. The van der Waals surface area contributed by atoms with E-state index in [1.807, 2.05) is 25.1 Å². The maximum atomic E-state index is 12.0. The molecule has 0 aliphatic heterocycles. The molecular formula is C15H21N3O3S. The van der Waals surface area contributed by atoms with Crippen molar-refractivity contribution in [2.24, 2.45) is 0 Å². The molecule has 0 unspecified atom stereocenters. The van der Waals surface area contributed by atoms with Gasteiger partial charge in [-0.2, -0.15) is 5.10 Å². The van der Waals surface area contributed by atoms with Crippen molar-refractivity contribution in [2.75, 3.05) is 25.1 Å². The summed E-state index contributed by atoms with van der Waals surface area (Å²) in [6, 6.07) is 5.89. The van der Waals surface area contributed by atoms with Gasteiger partial charge in [0.25, 0.3) is 5.91 Å². The van der Waals surface area contributed by atoms with Crippen molar-refractivity contribution in [1.82, 2.24) is 10.2 Å². The number of thiophene rings is 1. The lowest BCUT2D eigenvalue weighted by molar-refractivity contribution is -0.127. The molecular weight excluding hydrogens is 302 g/mol. The number of aromatic amines is 1. The minimum absolute atomic E-state index is 0.225. The molecule has 0 spiro atoms. The predicted molar refractivity (Wildman–Crippen MR) is 87.2 cm³/mol. The van der Waals surface area contributed by atoms with Gasteiger partial charge in [-0.15, -0.1) is 11.3 Å². The zero-order valence-corrected chi connectivity index (χ0v) is 13.8. The molecule has 0 fully saturated rings. The number of carbonyl (C=O) groups is 1. The van der Waals surface area contributed by atoms with Crippen molar-refractivity contribution in [1.29, 1.82) is 0 Å². The van der Waals surface area contributed by atoms with Crippen molar-refractivity contribution in [3.8, 4) is 10.6 Å². The fourth-order valence-electron chi connectivity index (χ4n) is 1.82. The summed E-state index contributed by atoms with van der Waals surface area (Å²) in [5.74, 6) is 0.267. The second-order valence-electron chi connectivity index (χ2n) is 4.78. The van der Waals surface area contributed by atoms with Gasteiger partial charge in [0, 0.05) is 17.6 Å². The van der Waals surface area contributed by atoms with Crippen LogP contribution in [0, 0.1) is 6.92 Å². The highest BCUT2D eigenvalue weighted by Gasteiger charge is 2.15. The first-order chi connectivity index (χ1) is 10.6. The van der Waals surface area contributed by atoms with Crippen LogP contribution in [0.4, 0.5) is 5.82 Å². The van der Waals surface area contributed by atoms with Gasteiger partial charge in [0.15, 0.2) is 5.82 Å². The lowest BCUT2D eigenvalue weighted by Crippen LogP contribution is -2.29. The Morgan fingerprint density at radius 2 is 2.27 bits per heavy atom. The molecule has 0 aliphatic carbocycles. The summed E-state index contributed by atoms with van der Waals surface area (Å²) in [6.07, 6.45) is -0.551. The van der Waals surface area contributed by atoms with Crippen LogP contribution >= 0.6 is 11.3 Å². The van der Waals surface area contributed by atoms with E-state index in [-0.39, 0.29) is 5.91 Å². The van der Waals surface area contributed by atoms with Crippen LogP contribution in [0.2, 0.25) is 0 Å². The minimum Gasteiger partial charge on any atom is -0.379 e. The van der Waals surface area contributed by atoms with Crippen LogP contribution in [-0.4, -0.2) is 42.0 Å². The lowest BCUT2D eigenvalue weighted by Gasteiger charge is -2.11. The number of hydrogen-bond acceptors (Lipinski definition) is 5. The highest BCUT2D eigenvalue weighted by atomic mass is 32.1. The van der Waals surface area contributed by atoms with E-state index in [2.05, 4.69) is 22.4 Å². The normalized spacial score (nSPS) is 12.3. The molecule has 120 valence electrons. The molecule has 2 N–H and O–H groups in total. The number of H-pyrrole nitrogens is 1. The molecule has 2 rings (SSSR count). The maximum absolute atomic E-state index is 12.0. The zero-order chi connectivity index (χ0) is 15.9. The van der Waals surface area contributed by atoms with Crippen LogP contribution in [0.25, 0.3) is 10.6 Å². The number of hydrogen-bond donors (Lipinski definition) is 2. The van der Waals surface area contributed by atoms with Crippen molar-refractivity contribution in [3.63, 3.8) is 0 Å². The number of carbonyl (C=O) groups excluding carboxylic acids is 1. The number of ether oxygens (including phenoxy) is 2. The molecule has 1 atom stereocenters. The molecule has 0 radical (unpaired) electrons. The summed E-state index contributed by atoms with van der Waals surface area (Å²) in [4.78, 5) is 14.3. The Balaban J connectivity index is 1.85. The van der Waals surface area contributed by atoms with Crippen LogP contribution < -0.4 is 5.32 Å². The Morgan fingerprint density at radius 3 is 2.95 bits per heavy atom. The van der Waals surface area contributed by atoms with Crippen LogP contribution in [0.15, 0.2) is 18.2 Å². The molecule has 0 saturated heterocycles. The lowest BCUT2D eigenvalue weighted by atomic mass is 10.3. The molecule has 22 heavy (non-hydrogen) atoms. The highest BCUT2D eigenvalue weighted by molar-refractivity contribution is 7.15. The third-order valence-electron chi connectivity index (χ3n) is 3.00. The second kappa shape index (κ2) is 8.07. The van der Waals surface area contributed by atoms with Gasteiger partial charge < -0.3 is 14.8 Å². The summed E-state index contributed by atoms with van der Waals surface area (Å²) in [5.41, 5.74) is 0.887. The fraction of sp³-hybridized carbons (Fsp3) is 0.467. The van der Waals surface area contributed by atoms with Crippen molar-refractivity contribution >= 4 is 23.1 Å². The number of nitrogens with zero attached hydrogens (tertiary/aromatic N) is 1. The molecule has 0 bridgehead atoms. The van der Waals surface area contributed by atoms with E-state index in [1.165, 1.54) is 4.88 Å². The Morgan fingerprint density at radius 1 is 1.45 bits per heavy atom. The van der Waals surface area contributed by atoms with Gasteiger partial charge in [-0.25, -0.2) is 0 Å². The first-order valence-corrected chi connectivity index (χ1v) is 8.04. The van der Waals surface area contributed by atoms with Gasteiger partial charge in [-0.05, 0) is 32.9 Å². The SMILES string of the molecule is CCOCCO[C@H](C)C(=O)Nc1cc(-c2ccc(C)s2)[nH]n1. The van der Waals surface area contributed by atoms with E-state index in [1.54, 1.807) is 18.3 Å².